The first kappa shape index (κ1) is 27.3. The first-order chi connectivity index (χ1) is 14.9. The summed E-state index contributed by atoms with van der Waals surface area (Å²) >= 11 is 0. The van der Waals surface area contributed by atoms with Gasteiger partial charge in [0, 0.05) is 6.54 Å². The summed E-state index contributed by atoms with van der Waals surface area (Å²) in [6.07, 6.45) is 1.46. The summed E-state index contributed by atoms with van der Waals surface area (Å²) in [5.74, 6) is -3.98. The van der Waals surface area contributed by atoms with Gasteiger partial charge in [-0.2, -0.15) is 0 Å². The minimum absolute atomic E-state index is 0.208. The number of carbonyl (C=O) groups is 5. The van der Waals surface area contributed by atoms with Crippen LogP contribution in [0.1, 0.15) is 59.8 Å². The van der Waals surface area contributed by atoms with Crippen molar-refractivity contribution < 1.29 is 29.1 Å². The lowest BCUT2D eigenvalue weighted by Crippen LogP contribution is -2.58. The molecule has 1 fully saturated rings. The summed E-state index contributed by atoms with van der Waals surface area (Å²) in [7, 11) is 0. The van der Waals surface area contributed by atoms with Crippen LogP contribution in [0.5, 0.6) is 0 Å². The summed E-state index contributed by atoms with van der Waals surface area (Å²) in [6.45, 7) is 7.70. The van der Waals surface area contributed by atoms with Crippen molar-refractivity contribution in [3.8, 4) is 0 Å². The van der Waals surface area contributed by atoms with Crippen molar-refractivity contribution in [2.45, 2.75) is 84.0 Å². The largest absolute Gasteiger partial charge is 0.480 e. The van der Waals surface area contributed by atoms with Crippen molar-refractivity contribution >= 4 is 29.6 Å². The standard InChI is InChI=1S/C21H37N5O6/c1-5-12(4)17(21(31)32)25-18(28)14(10-16(23)27)24-19(29)15-7-6-8-26(15)20(30)13(22)9-11(2)3/h11-15,17H,5-10,22H2,1-4H3,(H2,23,27)(H,24,29)(H,25,28)(H,31,32). The molecule has 1 heterocycles. The van der Waals surface area contributed by atoms with Crippen molar-refractivity contribution in [3.05, 3.63) is 0 Å². The molecular formula is C21H37N5O6. The molecule has 182 valence electrons. The Kier molecular flexibility index (Phi) is 10.6. The Balaban J connectivity index is 2.94. The van der Waals surface area contributed by atoms with Crippen LogP contribution in [0.15, 0.2) is 0 Å². The molecule has 0 spiro atoms. The highest BCUT2D eigenvalue weighted by Crippen LogP contribution is 2.20. The SMILES string of the molecule is CCC(C)C(NC(=O)C(CC(N)=O)NC(=O)C1CCCN1C(=O)C(N)CC(C)C)C(=O)O. The van der Waals surface area contributed by atoms with Crippen LogP contribution in [0.2, 0.25) is 0 Å². The number of aliphatic carboxylic acids is 1. The number of nitrogens with one attached hydrogen (secondary N) is 2. The Morgan fingerprint density at radius 2 is 1.75 bits per heavy atom. The molecule has 0 bridgehead atoms. The Hall–Kier alpha value is -2.69. The van der Waals surface area contributed by atoms with Gasteiger partial charge in [0.25, 0.3) is 0 Å². The molecule has 1 aliphatic heterocycles. The maximum absolute atomic E-state index is 12.9. The van der Waals surface area contributed by atoms with Crippen LogP contribution in [0.25, 0.3) is 0 Å². The molecule has 0 radical (unpaired) electrons. The molecule has 1 rings (SSSR count). The molecule has 1 saturated heterocycles. The summed E-state index contributed by atoms with van der Waals surface area (Å²) in [5, 5.41) is 14.3. The maximum Gasteiger partial charge on any atom is 0.326 e. The highest BCUT2D eigenvalue weighted by atomic mass is 16.4. The number of carboxylic acids is 1. The average molecular weight is 456 g/mol. The zero-order valence-electron chi connectivity index (χ0n) is 19.3. The van der Waals surface area contributed by atoms with E-state index in [1.54, 1.807) is 13.8 Å². The van der Waals surface area contributed by atoms with E-state index in [9.17, 15) is 29.1 Å². The smallest absolute Gasteiger partial charge is 0.326 e. The van der Waals surface area contributed by atoms with Gasteiger partial charge in [-0.3, -0.25) is 19.2 Å². The fraction of sp³-hybridized carbons (Fsp3) is 0.762. The predicted octanol–water partition coefficient (Wildman–Crippen LogP) is -0.673. The minimum Gasteiger partial charge on any atom is -0.480 e. The van der Waals surface area contributed by atoms with Crippen molar-refractivity contribution in [1.82, 2.24) is 15.5 Å². The number of hydrogen-bond donors (Lipinski definition) is 5. The molecule has 0 aromatic rings. The van der Waals surface area contributed by atoms with Gasteiger partial charge in [0.2, 0.25) is 23.6 Å². The van der Waals surface area contributed by atoms with Gasteiger partial charge in [0.05, 0.1) is 12.5 Å². The Labute approximate surface area is 188 Å². The van der Waals surface area contributed by atoms with Crippen LogP contribution in [0, 0.1) is 11.8 Å². The predicted molar refractivity (Wildman–Crippen MR) is 117 cm³/mol. The molecule has 0 aliphatic carbocycles. The van der Waals surface area contributed by atoms with Gasteiger partial charge >= 0.3 is 5.97 Å². The number of amides is 4. The van der Waals surface area contributed by atoms with Gasteiger partial charge in [-0.25, -0.2) is 4.79 Å². The van der Waals surface area contributed by atoms with Crippen LogP contribution in [-0.4, -0.2) is 70.3 Å². The molecule has 11 heteroatoms. The van der Waals surface area contributed by atoms with Crippen LogP contribution in [-0.2, 0) is 24.0 Å². The van der Waals surface area contributed by atoms with E-state index < -0.39 is 54.3 Å². The summed E-state index contributed by atoms with van der Waals surface area (Å²) in [4.78, 5) is 62.8. The number of nitrogens with zero attached hydrogens (tertiary/aromatic N) is 1. The van der Waals surface area contributed by atoms with Crippen molar-refractivity contribution in [3.63, 3.8) is 0 Å². The maximum atomic E-state index is 12.9. The number of carboxylic acid groups (broad SMARTS) is 1. The number of carbonyl (C=O) groups excluding carboxylic acids is 4. The lowest BCUT2D eigenvalue weighted by atomic mass is 9.98. The molecule has 1 aliphatic rings. The lowest BCUT2D eigenvalue weighted by molar-refractivity contribution is -0.144. The Bertz CT molecular complexity index is 713. The van der Waals surface area contributed by atoms with Gasteiger partial charge < -0.3 is 32.1 Å². The van der Waals surface area contributed by atoms with Crippen LogP contribution in [0.3, 0.4) is 0 Å². The zero-order valence-corrected chi connectivity index (χ0v) is 19.3. The quantitative estimate of drug-likeness (QED) is 0.258. The van der Waals surface area contributed by atoms with Gasteiger partial charge in [0.1, 0.15) is 18.1 Å². The normalized spacial score (nSPS) is 19.7. The topological polar surface area (TPSA) is 185 Å². The van der Waals surface area contributed by atoms with E-state index in [2.05, 4.69) is 10.6 Å². The number of nitrogens with two attached hydrogens (primary N) is 2. The number of primary amides is 1. The van der Waals surface area contributed by atoms with Crippen molar-refractivity contribution in [1.29, 1.82) is 0 Å². The van der Waals surface area contributed by atoms with Crippen molar-refractivity contribution in [2.24, 2.45) is 23.3 Å². The van der Waals surface area contributed by atoms with E-state index >= 15 is 0 Å². The average Bonchev–Trinajstić information content (AvgIpc) is 3.18. The molecule has 11 nitrogen and oxygen atoms in total. The number of hydrogen-bond acceptors (Lipinski definition) is 6. The molecule has 5 atom stereocenters. The Morgan fingerprint density at radius 3 is 2.25 bits per heavy atom. The monoisotopic (exact) mass is 455 g/mol. The second-order valence-electron chi connectivity index (χ2n) is 8.87. The fourth-order valence-corrected chi connectivity index (χ4v) is 3.74. The third-order valence-corrected chi connectivity index (χ3v) is 5.70. The Morgan fingerprint density at radius 1 is 1.12 bits per heavy atom. The molecular weight excluding hydrogens is 418 g/mol. The third-order valence-electron chi connectivity index (χ3n) is 5.70. The molecule has 32 heavy (non-hydrogen) atoms. The summed E-state index contributed by atoms with van der Waals surface area (Å²) < 4.78 is 0. The second kappa shape index (κ2) is 12.4. The third kappa shape index (κ3) is 7.77. The molecule has 5 unspecified atom stereocenters. The van der Waals surface area contributed by atoms with Crippen molar-refractivity contribution in [2.75, 3.05) is 6.54 Å². The molecule has 0 saturated carbocycles. The van der Waals surface area contributed by atoms with Gasteiger partial charge in [-0.1, -0.05) is 34.1 Å². The van der Waals surface area contributed by atoms with E-state index in [1.165, 1.54) is 4.90 Å². The lowest BCUT2D eigenvalue weighted by Gasteiger charge is -2.29. The minimum atomic E-state index is -1.35. The van der Waals surface area contributed by atoms with Gasteiger partial charge in [-0.05, 0) is 31.1 Å². The highest BCUT2D eigenvalue weighted by Gasteiger charge is 2.38. The van der Waals surface area contributed by atoms with Crippen LogP contribution < -0.4 is 22.1 Å². The zero-order chi connectivity index (χ0) is 24.6. The van der Waals surface area contributed by atoms with Crippen LogP contribution in [0.4, 0.5) is 0 Å². The van der Waals surface area contributed by atoms with Crippen LogP contribution >= 0.6 is 0 Å². The first-order valence-corrected chi connectivity index (χ1v) is 11.1. The van der Waals surface area contributed by atoms with Gasteiger partial charge in [-0.15, -0.1) is 0 Å². The van der Waals surface area contributed by atoms with E-state index in [-0.39, 0.29) is 17.7 Å². The number of rotatable bonds is 12. The molecule has 0 aromatic heterocycles. The molecule has 7 N–H and O–H groups in total. The molecule has 4 amide bonds. The van der Waals surface area contributed by atoms with E-state index in [4.69, 9.17) is 11.5 Å². The summed E-state index contributed by atoms with van der Waals surface area (Å²) in [5.41, 5.74) is 11.2. The highest BCUT2D eigenvalue weighted by molar-refractivity contribution is 5.96. The van der Waals surface area contributed by atoms with E-state index in [0.29, 0.717) is 32.2 Å². The molecule has 0 aromatic carbocycles. The van der Waals surface area contributed by atoms with E-state index in [0.717, 1.165) is 0 Å². The number of likely N-dealkylation sites (tertiary alicyclic amines) is 1. The second-order valence-corrected chi connectivity index (χ2v) is 8.87. The first-order valence-electron chi connectivity index (χ1n) is 11.1. The fourth-order valence-electron chi connectivity index (χ4n) is 3.74. The summed E-state index contributed by atoms with van der Waals surface area (Å²) in [6, 6.07) is -4.10. The van der Waals surface area contributed by atoms with E-state index in [1.807, 2.05) is 13.8 Å². The van der Waals surface area contributed by atoms with Gasteiger partial charge in [0.15, 0.2) is 0 Å².